The summed E-state index contributed by atoms with van der Waals surface area (Å²) in [6, 6.07) is 5.88. The molecule has 1 fully saturated rings. The van der Waals surface area contributed by atoms with E-state index in [9.17, 15) is 4.79 Å². The minimum atomic E-state index is -0.246. The molecule has 1 heterocycles. The van der Waals surface area contributed by atoms with E-state index in [2.05, 4.69) is 22.0 Å². The van der Waals surface area contributed by atoms with Crippen LogP contribution < -0.4 is 15.4 Å². The van der Waals surface area contributed by atoms with Crippen molar-refractivity contribution in [2.75, 3.05) is 30.8 Å². The Morgan fingerprint density at radius 1 is 1.43 bits per heavy atom. The predicted molar refractivity (Wildman–Crippen MR) is 86.7 cm³/mol. The molecule has 2 N–H and O–H groups in total. The van der Waals surface area contributed by atoms with Crippen LogP contribution in [0.2, 0.25) is 0 Å². The Labute approximate surface area is 131 Å². The maximum absolute atomic E-state index is 11.1. The first-order chi connectivity index (χ1) is 10.1. The Balaban J connectivity index is 1.87. The highest BCUT2D eigenvalue weighted by Gasteiger charge is 2.20. The van der Waals surface area contributed by atoms with Crippen LogP contribution in [-0.4, -0.2) is 26.2 Å². The molecule has 1 saturated heterocycles. The van der Waals surface area contributed by atoms with Gasteiger partial charge in [0.15, 0.2) is 0 Å². The number of carbonyl (C=O) groups excluding carboxylic acids is 1. The van der Waals surface area contributed by atoms with E-state index in [0.717, 1.165) is 38.0 Å². The van der Waals surface area contributed by atoms with Crippen LogP contribution >= 0.6 is 12.9 Å². The summed E-state index contributed by atoms with van der Waals surface area (Å²) >= 11 is 3.52. The zero-order valence-corrected chi connectivity index (χ0v) is 13.1. The first kappa shape index (κ1) is 15.8. The van der Waals surface area contributed by atoms with Gasteiger partial charge in [-0.3, -0.25) is 4.79 Å². The molecular formula is C15H22N2O3S. The average Bonchev–Trinajstić information content (AvgIpc) is 2.53. The standard InChI is InChI=1S/C15H22N2O3S/c1-19-14-10-12(3-4-13(14)16)17-8-6-11(7-9-17)2-5-15(18)20-21/h3-4,10-11,21H,2,5-9,16H2,1H3. The van der Waals surface area contributed by atoms with E-state index in [0.29, 0.717) is 23.8 Å². The molecule has 0 aliphatic carbocycles. The van der Waals surface area contributed by atoms with Gasteiger partial charge in [0.2, 0.25) is 0 Å². The van der Waals surface area contributed by atoms with Gasteiger partial charge in [-0.05, 0) is 37.3 Å². The Bertz CT molecular complexity index is 488. The number of anilines is 2. The molecule has 2 rings (SSSR count). The zero-order chi connectivity index (χ0) is 15.2. The second kappa shape index (κ2) is 7.45. The first-order valence-corrected chi connectivity index (χ1v) is 7.53. The molecule has 0 aromatic heterocycles. The molecule has 0 amide bonds. The third-order valence-corrected chi connectivity index (χ3v) is 4.26. The number of benzene rings is 1. The number of carbonyl (C=O) groups is 1. The van der Waals surface area contributed by atoms with Gasteiger partial charge in [-0.15, -0.1) is 0 Å². The molecule has 0 spiro atoms. The number of nitrogen functional groups attached to an aromatic ring is 1. The SMILES string of the molecule is COc1cc(N2CCC(CCC(=O)OS)CC2)ccc1N. The van der Waals surface area contributed by atoms with Gasteiger partial charge >= 0.3 is 5.97 Å². The molecule has 116 valence electrons. The molecule has 0 saturated carbocycles. The van der Waals surface area contributed by atoms with Gasteiger partial charge in [0.1, 0.15) is 5.75 Å². The van der Waals surface area contributed by atoms with Crippen LogP contribution in [0.5, 0.6) is 5.75 Å². The number of rotatable bonds is 5. The lowest BCUT2D eigenvalue weighted by molar-refractivity contribution is -0.133. The molecule has 0 atom stereocenters. The van der Waals surface area contributed by atoms with Crippen LogP contribution in [0.4, 0.5) is 11.4 Å². The van der Waals surface area contributed by atoms with Crippen molar-refractivity contribution in [2.45, 2.75) is 25.7 Å². The van der Waals surface area contributed by atoms with Gasteiger partial charge < -0.3 is 19.6 Å². The van der Waals surface area contributed by atoms with Crippen molar-refractivity contribution >= 4 is 30.3 Å². The fraction of sp³-hybridized carbons (Fsp3) is 0.533. The zero-order valence-electron chi connectivity index (χ0n) is 12.2. The summed E-state index contributed by atoms with van der Waals surface area (Å²) < 4.78 is 9.65. The molecule has 0 radical (unpaired) electrons. The van der Waals surface area contributed by atoms with E-state index in [1.807, 2.05) is 18.2 Å². The molecule has 1 aliphatic rings. The second-order valence-corrected chi connectivity index (χ2v) is 5.54. The lowest BCUT2D eigenvalue weighted by Gasteiger charge is -2.33. The average molecular weight is 310 g/mol. The summed E-state index contributed by atoms with van der Waals surface area (Å²) in [6.45, 7) is 1.96. The van der Waals surface area contributed by atoms with Gasteiger partial charge in [-0.1, -0.05) is 0 Å². The van der Waals surface area contributed by atoms with Gasteiger partial charge in [-0.2, -0.15) is 0 Å². The Hall–Kier alpha value is -1.56. The van der Waals surface area contributed by atoms with Crippen LogP contribution in [0.1, 0.15) is 25.7 Å². The topological polar surface area (TPSA) is 64.8 Å². The molecule has 21 heavy (non-hydrogen) atoms. The number of ether oxygens (including phenoxy) is 1. The van der Waals surface area contributed by atoms with Crippen LogP contribution in [0, 0.1) is 5.92 Å². The van der Waals surface area contributed by atoms with Crippen molar-refractivity contribution in [2.24, 2.45) is 5.92 Å². The minimum absolute atomic E-state index is 0.246. The van der Waals surface area contributed by atoms with Crippen molar-refractivity contribution in [1.29, 1.82) is 0 Å². The first-order valence-electron chi connectivity index (χ1n) is 7.16. The van der Waals surface area contributed by atoms with Crippen molar-refractivity contribution in [3.63, 3.8) is 0 Å². The minimum Gasteiger partial charge on any atom is -0.495 e. The number of nitrogens with two attached hydrogens (primary N) is 1. The van der Waals surface area contributed by atoms with Crippen molar-refractivity contribution < 1.29 is 13.7 Å². The third-order valence-electron chi connectivity index (χ3n) is 4.06. The van der Waals surface area contributed by atoms with E-state index < -0.39 is 0 Å². The van der Waals surface area contributed by atoms with Crippen LogP contribution in [-0.2, 0) is 8.98 Å². The van der Waals surface area contributed by atoms with E-state index in [1.54, 1.807) is 7.11 Å². The summed E-state index contributed by atoms with van der Waals surface area (Å²) in [5, 5.41) is 0. The van der Waals surface area contributed by atoms with Crippen LogP contribution in [0.3, 0.4) is 0 Å². The third kappa shape index (κ3) is 4.20. The lowest BCUT2D eigenvalue weighted by atomic mass is 9.92. The van der Waals surface area contributed by atoms with E-state index in [1.165, 1.54) is 0 Å². The van der Waals surface area contributed by atoms with Gasteiger partial charge in [0, 0.05) is 44.2 Å². The number of hydrogen-bond donors (Lipinski definition) is 2. The molecule has 0 unspecified atom stereocenters. The van der Waals surface area contributed by atoms with E-state index >= 15 is 0 Å². The summed E-state index contributed by atoms with van der Waals surface area (Å²) in [5.41, 5.74) is 7.63. The number of methoxy groups -OCH3 is 1. The number of thiol groups is 1. The van der Waals surface area contributed by atoms with Crippen molar-refractivity contribution in [1.82, 2.24) is 0 Å². The molecule has 1 aromatic carbocycles. The number of nitrogens with zero attached hydrogens (tertiary/aromatic N) is 1. The summed E-state index contributed by atoms with van der Waals surface area (Å²) in [7, 11) is 1.63. The largest absolute Gasteiger partial charge is 0.495 e. The smallest absolute Gasteiger partial charge is 0.317 e. The highest BCUT2D eigenvalue weighted by molar-refractivity contribution is 7.75. The summed E-state index contributed by atoms with van der Waals surface area (Å²) in [6.07, 6.45) is 3.47. The van der Waals surface area contributed by atoms with E-state index in [-0.39, 0.29) is 5.97 Å². The molecular weight excluding hydrogens is 288 g/mol. The van der Waals surface area contributed by atoms with Crippen molar-refractivity contribution in [3.8, 4) is 5.75 Å². The molecule has 5 nitrogen and oxygen atoms in total. The molecule has 0 bridgehead atoms. The normalized spacial score (nSPS) is 15.8. The summed E-state index contributed by atoms with van der Waals surface area (Å²) in [5.74, 6) is 1.04. The van der Waals surface area contributed by atoms with E-state index in [4.69, 9.17) is 10.5 Å². The Morgan fingerprint density at radius 3 is 2.76 bits per heavy atom. The molecule has 1 aromatic rings. The van der Waals surface area contributed by atoms with Gasteiger partial charge in [-0.25, -0.2) is 0 Å². The second-order valence-electron chi connectivity index (χ2n) is 5.36. The maximum Gasteiger partial charge on any atom is 0.317 e. The Kier molecular flexibility index (Phi) is 5.61. The van der Waals surface area contributed by atoms with Gasteiger partial charge in [0.25, 0.3) is 0 Å². The quantitative estimate of drug-likeness (QED) is 0.497. The van der Waals surface area contributed by atoms with Gasteiger partial charge in [0.05, 0.1) is 12.8 Å². The predicted octanol–water partition coefficient (Wildman–Crippen LogP) is 2.66. The van der Waals surface area contributed by atoms with Crippen LogP contribution in [0.25, 0.3) is 0 Å². The van der Waals surface area contributed by atoms with Crippen molar-refractivity contribution in [3.05, 3.63) is 18.2 Å². The summed E-state index contributed by atoms with van der Waals surface area (Å²) in [4.78, 5) is 13.4. The maximum atomic E-state index is 11.1. The molecule has 1 aliphatic heterocycles. The molecule has 6 heteroatoms. The Morgan fingerprint density at radius 2 is 2.14 bits per heavy atom. The number of hydrogen-bond acceptors (Lipinski definition) is 6. The highest BCUT2D eigenvalue weighted by atomic mass is 32.1. The fourth-order valence-corrected chi connectivity index (χ4v) is 2.84. The van der Waals surface area contributed by atoms with Crippen LogP contribution in [0.15, 0.2) is 18.2 Å². The lowest BCUT2D eigenvalue weighted by Crippen LogP contribution is -2.33. The monoisotopic (exact) mass is 310 g/mol. The highest BCUT2D eigenvalue weighted by Crippen LogP contribution is 2.31. The number of piperidine rings is 1. The fourth-order valence-electron chi connectivity index (χ4n) is 2.74.